The van der Waals surface area contributed by atoms with Crippen LogP contribution in [-0.4, -0.2) is 44.8 Å². The summed E-state index contributed by atoms with van der Waals surface area (Å²) in [7, 11) is -17.1. The van der Waals surface area contributed by atoms with E-state index >= 15 is 0 Å². The molecule has 0 atom stereocenters. The Hall–Kier alpha value is -1.20. The Morgan fingerprint density at radius 3 is 0.838 bits per heavy atom. The molecular formula is C16H24F12N4O2OsP2. The van der Waals surface area contributed by atoms with Gasteiger partial charge < -0.3 is 11.0 Å². The van der Waals surface area contributed by atoms with Gasteiger partial charge >= 0.3 is 85.8 Å². The van der Waals surface area contributed by atoms with Gasteiger partial charge in [0.15, 0.2) is 0 Å². The predicted molar refractivity (Wildman–Crippen MR) is 113 cm³/mol. The Balaban J connectivity index is -0.000000576. The molecule has 21 heteroatoms. The minimum absolute atomic E-state index is 0. The second-order valence-corrected chi connectivity index (χ2v) is 11.3. The molecule has 0 saturated carbocycles. The van der Waals surface area contributed by atoms with Crippen LogP contribution in [0, 0.1) is 0 Å². The van der Waals surface area contributed by atoms with Gasteiger partial charge in [0.2, 0.25) is 0 Å². The molecule has 4 bridgehead atoms. The van der Waals surface area contributed by atoms with Gasteiger partial charge in [0.25, 0.3) is 0 Å². The molecule has 0 saturated heterocycles. The van der Waals surface area contributed by atoms with Gasteiger partial charge in [-0.3, -0.25) is 19.8 Å². The molecule has 2 aromatic heterocycles. The Labute approximate surface area is 216 Å². The van der Waals surface area contributed by atoms with Gasteiger partial charge in [0.05, 0.1) is 22.8 Å². The van der Waals surface area contributed by atoms with E-state index in [1.165, 1.54) is 0 Å². The summed E-state index contributed by atoms with van der Waals surface area (Å²) in [6, 6.07) is 12.6. The van der Waals surface area contributed by atoms with E-state index in [0.717, 1.165) is 49.0 Å². The summed E-state index contributed by atoms with van der Waals surface area (Å²) >= 11 is 0. The van der Waals surface area contributed by atoms with Gasteiger partial charge in [-0.2, -0.15) is 0 Å². The standard InChI is InChI=1S/C16H20N4.2F6P.2H2O.Os/c1-19-9-13-5-3-7-15(17-13)11-20(2)12-16-8-4-6-14(10-19)18-16;2*1-7(2,3,4,5)6;;;/h3-8H,9-12H2,1-2H3;;;2*1H2;/q;2*-1;;;+2. The summed E-state index contributed by atoms with van der Waals surface area (Å²) in [6.07, 6.45) is 0. The van der Waals surface area contributed by atoms with Crippen LogP contribution in [0.1, 0.15) is 22.8 Å². The number of aromatic nitrogens is 2. The fourth-order valence-electron chi connectivity index (χ4n) is 2.63. The van der Waals surface area contributed by atoms with Crippen molar-refractivity contribution in [1.29, 1.82) is 0 Å². The van der Waals surface area contributed by atoms with E-state index in [0.29, 0.717) is 0 Å². The minimum Gasteiger partial charge on any atom is -0.412 e. The number of halogens is 12. The molecule has 222 valence electrons. The second-order valence-electron chi connectivity index (χ2n) is 7.50. The van der Waals surface area contributed by atoms with Crippen molar-refractivity contribution in [2.45, 2.75) is 26.2 Å². The molecule has 0 aliphatic carbocycles. The summed E-state index contributed by atoms with van der Waals surface area (Å²) in [5, 5.41) is 0. The van der Waals surface area contributed by atoms with Crippen LogP contribution in [-0.2, 0) is 46.0 Å². The molecule has 0 amide bonds. The number of fused-ring (bicyclic) bond motifs is 4. The predicted octanol–water partition coefficient (Wildman–Crippen LogP) is 7.17. The zero-order valence-electron chi connectivity index (χ0n) is 18.9. The van der Waals surface area contributed by atoms with Crippen LogP contribution >= 0.6 is 15.6 Å². The van der Waals surface area contributed by atoms with Gasteiger partial charge in [-0.15, -0.1) is 0 Å². The maximum atomic E-state index is 9.87. The molecule has 4 N–H and O–H groups in total. The number of pyridine rings is 2. The summed E-state index contributed by atoms with van der Waals surface area (Å²) in [5.74, 6) is 0. The van der Waals surface area contributed by atoms with Crippen LogP contribution in [0.3, 0.4) is 0 Å². The van der Waals surface area contributed by atoms with Crippen molar-refractivity contribution < 1.29 is 81.1 Å². The van der Waals surface area contributed by atoms with E-state index < -0.39 is 15.6 Å². The third-order valence-electron chi connectivity index (χ3n) is 3.46. The van der Waals surface area contributed by atoms with Gasteiger partial charge in [-0.05, 0) is 38.4 Å². The Morgan fingerprint density at radius 2 is 0.676 bits per heavy atom. The van der Waals surface area contributed by atoms with Crippen LogP contribution in [0.25, 0.3) is 0 Å². The van der Waals surface area contributed by atoms with Crippen LogP contribution in [0.2, 0.25) is 0 Å². The van der Waals surface area contributed by atoms with E-state index in [-0.39, 0.29) is 30.7 Å². The maximum absolute atomic E-state index is 10.7. The first-order chi connectivity index (χ1) is 14.6. The van der Waals surface area contributed by atoms with Gasteiger partial charge in [-0.25, -0.2) is 0 Å². The number of rotatable bonds is 0. The Morgan fingerprint density at radius 1 is 0.514 bits per heavy atom. The average Bonchev–Trinajstić information content (AvgIpc) is 2.48. The van der Waals surface area contributed by atoms with Crippen LogP contribution < -0.4 is 0 Å². The molecule has 2 aromatic rings. The third-order valence-corrected chi connectivity index (χ3v) is 3.46. The zero-order chi connectivity index (χ0) is 26.8. The zero-order valence-corrected chi connectivity index (χ0v) is 23.2. The number of hydrogen-bond acceptors (Lipinski definition) is 4. The number of hydrogen-bond donors (Lipinski definition) is 0. The summed E-state index contributed by atoms with van der Waals surface area (Å²) in [6.45, 7) is 3.40. The summed E-state index contributed by atoms with van der Waals surface area (Å²) in [4.78, 5) is 14.0. The first-order valence-corrected chi connectivity index (χ1v) is 13.0. The van der Waals surface area contributed by atoms with Crippen molar-refractivity contribution in [3.05, 3.63) is 59.2 Å². The monoisotopic (exact) mass is 786 g/mol. The van der Waals surface area contributed by atoms with Crippen molar-refractivity contribution in [3.8, 4) is 0 Å². The first kappa shape index (κ1) is 40.3. The topological polar surface area (TPSA) is 95.3 Å². The fourth-order valence-corrected chi connectivity index (χ4v) is 2.63. The first-order valence-electron chi connectivity index (χ1n) is 8.98. The molecular weight excluding hydrogens is 760 g/mol. The summed E-state index contributed by atoms with van der Waals surface area (Å²) in [5.41, 5.74) is 4.48. The molecule has 0 radical (unpaired) electrons. The molecule has 3 rings (SSSR count). The molecule has 0 spiro atoms. The van der Waals surface area contributed by atoms with Gasteiger partial charge in [0, 0.05) is 26.2 Å². The van der Waals surface area contributed by atoms with Crippen LogP contribution in [0.15, 0.2) is 36.4 Å². The maximum Gasteiger partial charge on any atom is 2.00 e. The molecule has 0 fully saturated rings. The Kier molecular flexibility index (Phi) is 12.5. The van der Waals surface area contributed by atoms with Crippen molar-refractivity contribution >= 4 is 15.6 Å². The van der Waals surface area contributed by atoms with E-state index in [1.807, 2.05) is 0 Å². The third kappa shape index (κ3) is 30.9. The average molecular weight is 785 g/mol. The van der Waals surface area contributed by atoms with Crippen molar-refractivity contribution in [1.82, 2.24) is 19.8 Å². The van der Waals surface area contributed by atoms with Crippen molar-refractivity contribution in [2.75, 3.05) is 14.1 Å². The van der Waals surface area contributed by atoms with E-state index in [4.69, 9.17) is 9.97 Å². The van der Waals surface area contributed by atoms with Crippen molar-refractivity contribution in [3.63, 3.8) is 0 Å². The normalized spacial score (nSPS) is 18.1. The SMILES string of the molecule is CN1Cc2cccc(n2)CN(C)Cc2cccc(n2)C1.F[P-](F)(F)(F)(F)F.F[P-](F)(F)(F)(F)F.O.O.[Os+2]. The summed E-state index contributed by atoms with van der Waals surface area (Å²) < 4.78 is 118. The van der Waals surface area contributed by atoms with E-state index in [1.54, 1.807) is 0 Å². The van der Waals surface area contributed by atoms with Gasteiger partial charge in [0.1, 0.15) is 0 Å². The van der Waals surface area contributed by atoms with Crippen LogP contribution in [0.4, 0.5) is 50.4 Å². The smallest absolute Gasteiger partial charge is 0.412 e. The Bertz CT molecular complexity index is 864. The van der Waals surface area contributed by atoms with Gasteiger partial charge in [-0.1, -0.05) is 12.1 Å². The molecule has 37 heavy (non-hydrogen) atoms. The molecule has 3 heterocycles. The molecule has 0 aromatic carbocycles. The van der Waals surface area contributed by atoms with E-state index in [9.17, 15) is 50.4 Å². The molecule has 6 nitrogen and oxygen atoms in total. The van der Waals surface area contributed by atoms with Crippen molar-refractivity contribution in [2.24, 2.45) is 0 Å². The largest absolute Gasteiger partial charge is 2.00 e. The second kappa shape index (κ2) is 11.5. The van der Waals surface area contributed by atoms with Crippen LogP contribution in [0.5, 0.6) is 0 Å². The fraction of sp³-hybridized carbons (Fsp3) is 0.375. The quantitative estimate of drug-likeness (QED) is 0.209. The minimum atomic E-state index is -10.7. The van der Waals surface area contributed by atoms with E-state index in [2.05, 4.69) is 60.3 Å². The molecule has 0 unspecified atom stereocenters. The number of nitrogens with zero attached hydrogens (tertiary/aromatic N) is 4. The molecule has 1 aliphatic rings. The molecule has 1 aliphatic heterocycles.